The number of carbonyl (C=O) groups excluding carboxylic acids is 1. The van der Waals surface area contributed by atoms with E-state index in [1.165, 1.54) is 12.3 Å². The highest BCUT2D eigenvalue weighted by Crippen LogP contribution is 2.22. The van der Waals surface area contributed by atoms with Crippen molar-refractivity contribution < 1.29 is 9.18 Å². The molecule has 1 aromatic heterocycles. The van der Waals surface area contributed by atoms with Gasteiger partial charge in [0.15, 0.2) is 11.6 Å². The van der Waals surface area contributed by atoms with Gasteiger partial charge < -0.3 is 15.5 Å². The van der Waals surface area contributed by atoms with Gasteiger partial charge in [0.1, 0.15) is 6.04 Å². The van der Waals surface area contributed by atoms with E-state index in [1.807, 2.05) is 0 Å². The van der Waals surface area contributed by atoms with Gasteiger partial charge in [0.25, 0.3) is 0 Å². The zero-order valence-corrected chi connectivity index (χ0v) is 11.5. The second-order valence-electron chi connectivity index (χ2n) is 3.99. The van der Waals surface area contributed by atoms with Crippen LogP contribution in [0.5, 0.6) is 0 Å². The van der Waals surface area contributed by atoms with E-state index in [0.717, 1.165) is 0 Å². The Morgan fingerprint density at radius 3 is 3.17 bits per heavy atom. The van der Waals surface area contributed by atoms with E-state index in [9.17, 15) is 9.18 Å². The molecule has 0 spiro atoms. The van der Waals surface area contributed by atoms with Gasteiger partial charge >= 0.3 is 0 Å². The summed E-state index contributed by atoms with van der Waals surface area (Å²) in [6.45, 7) is 1.73. The number of halogens is 2. The van der Waals surface area contributed by atoms with E-state index in [4.69, 9.17) is 0 Å². The van der Waals surface area contributed by atoms with Crippen molar-refractivity contribution in [1.29, 1.82) is 0 Å². The quantitative estimate of drug-likeness (QED) is 0.834. The minimum absolute atomic E-state index is 0.147. The molecule has 1 atom stereocenters. The Kier molecular flexibility index (Phi) is 4.13. The second-order valence-corrected chi connectivity index (χ2v) is 4.90. The maximum absolute atomic E-state index is 13.9. The average molecular weight is 317 g/mol. The molecule has 1 fully saturated rings. The number of likely N-dealkylation sites (N-methyl/N-ethyl adjacent to an activating group) is 1. The molecule has 0 radical (unpaired) electrons. The first kappa shape index (κ1) is 13.2. The van der Waals surface area contributed by atoms with Gasteiger partial charge in [-0.1, -0.05) is 0 Å². The molecule has 0 bridgehead atoms. The van der Waals surface area contributed by atoms with Crippen molar-refractivity contribution >= 4 is 27.7 Å². The number of nitrogens with zero attached hydrogens (tertiary/aromatic N) is 2. The zero-order valence-electron chi connectivity index (χ0n) is 9.91. The number of nitrogens with one attached hydrogen (secondary N) is 2. The van der Waals surface area contributed by atoms with Crippen LogP contribution in [0.1, 0.15) is 0 Å². The Labute approximate surface area is 113 Å². The molecular weight excluding hydrogens is 303 g/mol. The summed E-state index contributed by atoms with van der Waals surface area (Å²) in [7, 11) is 1.57. The number of carbonyl (C=O) groups is 1. The third-order valence-electron chi connectivity index (χ3n) is 2.85. The summed E-state index contributed by atoms with van der Waals surface area (Å²) in [5.41, 5.74) is 0. The molecule has 1 saturated heterocycles. The van der Waals surface area contributed by atoms with Crippen LogP contribution in [0.15, 0.2) is 16.7 Å². The molecule has 5 nitrogen and oxygen atoms in total. The van der Waals surface area contributed by atoms with Gasteiger partial charge in [-0.05, 0) is 22.0 Å². The smallest absolute Gasteiger partial charge is 0.243 e. The predicted molar refractivity (Wildman–Crippen MR) is 70.0 cm³/mol. The minimum atomic E-state index is -0.438. The van der Waals surface area contributed by atoms with Crippen LogP contribution in [-0.4, -0.2) is 43.6 Å². The lowest BCUT2D eigenvalue weighted by Crippen LogP contribution is -2.58. The summed E-state index contributed by atoms with van der Waals surface area (Å²) >= 11 is 3.17. The molecule has 1 amide bonds. The molecule has 98 valence electrons. The molecule has 2 N–H and O–H groups in total. The SMILES string of the molecule is CNC(=O)C1CNCCN1c1ncc(Br)cc1F. The first-order chi connectivity index (χ1) is 8.63. The van der Waals surface area contributed by atoms with Crippen LogP contribution in [0, 0.1) is 5.82 Å². The summed E-state index contributed by atoms with van der Waals surface area (Å²) in [5, 5.41) is 5.70. The van der Waals surface area contributed by atoms with Crippen LogP contribution in [0.25, 0.3) is 0 Å². The van der Waals surface area contributed by atoms with Crippen molar-refractivity contribution in [1.82, 2.24) is 15.6 Å². The van der Waals surface area contributed by atoms with Crippen molar-refractivity contribution in [3.05, 3.63) is 22.6 Å². The number of rotatable bonds is 2. The third-order valence-corrected chi connectivity index (χ3v) is 3.29. The molecule has 18 heavy (non-hydrogen) atoms. The van der Waals surface area contributed by atoms with Crippen LogP contribution < -0.4 is 15.5 Å². The molecule has 1 aliphatic rings. The van der Waals surface area contributed by atoms with Crippen molar-refractivity contribution in [2.24, 2.45) is 0 Å². The van der Waals surface area contributed by atoms with Gasteiger partial charge in [-0.3, -0.25) is 4.79 Å². The molecule has 0 saturated carbocycles. The predicted octanol–water partition coefficient (Wildman–Crippen LogP) is 0.507. The van der Waals surface area contributed by atoms with E-state index >= 15 is 0 Å². The monoisotopic (exact) mass is 316 g/mol. The molecule has 1 aromatic rings. The summed E-state index contributed by atoms with van der Waals surface area (Å²) in [4.78, 5) is 17.5. The first-order valence-electron chi connectivity index (χ1n) is 5.63. The molecule has 0 aliphatic carbocycles. The largest absolute Gasteiger partial charge is 0.357 e. The fourth-order valence-corrected chi connectivity index (χ4v) is 2.28. The van der Waals surface area contributed by atoms with Crippen LogP contribution in [0.4, 0.5) is 10.2 Å². The summed E-state index contributed by atoms with van der Waals surface area (Å²) in [6, 6.07) is 0.914. The normalized spacial score (nSPS) is 19.7. The van der Waals surface area contributed by atoms with Crippen molar-refractivity contribution in [3.63, 3.8) is 0 Å². The van der Waals surface area contributed by atoms with E-state index in [1.54, 1.807) is 11.9 Å². The summed E-state index contributed by atoms with van der Waals surface area (Å²) in [5.74, 6) is -0.361. The Hall–Kier alpha value is -1.21. The lowest BCUT2D eigenvalue weighted by Gasteiger charge is -2.35. The van der Waals surface area contributed by atoms with E-state index < -0.39 is 11.9 Å². The van der Waals surface area contributed by atoms with E-state index in [-0.39, 0.29) is 11.7 Å². The fraction of sp³-hybridized carbons (Fsp3) is 0.455. The maximum atomic E-state index is 13.9. The number of pyridine rings is 1. The molecule has 2 rings (SSSR count). The van der Waals surface area contributed by atoms with Crippen molar-refractivity contribution in [3.8, 4) is 0 Å². The van der Waals surface area contributed by atoms with Gasteiger partial charge in [0, 0.05) is 37.4 Å². The molecule has 7 heteroatoms. The van der Waals surface area contributed by atoms with Gasteiger partial charge in [-0.25, -0.2) is 9.37 Å². The fourth-order valence-electron chi connectivity index (χ4n) is 1.98. The lowest BCUT2D eigenvalue weighted by atomic mass is 10.1. The molecule has 1 unspecified atom stereocenters. The molecule has 1 aliphatic heterocycles. The van der Waals surface area contributed by atoms with Crippen molar-refractivity contribution in [2.75, 3.05) is 31.6 Å². The topological polar surface area (TPSA) is 57.3 Å². The van der Waals surface area contributed by atoms with E-state index in [2.05, 4.69) is 31.5 Å². The number of amides is 1. The van der Waals surface area contributed by atoms with Crippen molar-refractivity contribution in [2.45, 2.75) is 6.04 Å². The summed E-state index contributed by atoms with van der Waals surface area (Å²) in [6.07, 6.45) is 1.53. The number of hydrogen-bond donors (Lipinski definition) is 2. The van der Waals surface area contributed by atoms with Gasteiger partial charge in [0.05, 0.1) is 0 Å². The first-order valence-corrected chi connectivity index (χ1v) is 6.42. The summed E-state index contributed by atoms with van der Waals surface area (Å²) < 4.78 is 14.5. The van der Waals surface area contributed by atoms with Crippen LogP contribution in [-0.2, 0) is 4.79 Å². The molecule has 2 heterocycles. The standard InChI is InChI=1S/C11H14BrFN4O/c1-14-11(18)9-6-15-2-3-17(9)10-8(13)4-7(12)5-16-10/h4-5,9,15H,2-3,6H2,1H3,(H,14,18). The van der Waals surface area contributed by atoms with Gasteiger partial charge in [0.2, 0.25) is 5.91 Å². The highest BCUT2D eigenvalue weighted by atomic mass is 79.9. The average Bonchev–Trinajstić information content (AvgIpc) is 2.38. The van der Waals surface area contributed by atoms with Crippen LogP contribution in [0.3, 0.4) is 0 Å². The van der Waals surface area contributed by atoms with Gasteiger partial charge in [-0.2, -0.15) is 0 Å². The Morgan fingerprint density at radius 1 is 1.72 bits per heavy atom. The highest BCUT2D eigenvalue weighted by molar-refractivity contribution is 9.10. The van der Waals surface area contributed by atoms with E-state index in [0.29, 0.717) is 24.1 Å². The number of aromatic nitrogens is 1. The van der Waals surface area contributed by atoms with Crippen LogP contribution >= 0.6 is 15.9 Å². The highest BCUT2D eigenvalue weighted by Gasteiger charge is 2.30. The minimum Gasteiger partial charge on any atom is -0.357 e. The Bertz CT molecular complexity index is 457. The maximum Gasteiger partial charge on any atom is 0.243 e. The third kappa shape index (κ3) is 2.62. The van der Waals surface area contributed by atoms with Crippen LogP contribution in [0.2, 0.25) is 0 Å². The Morgan fingerprint density at radius 2 is 2.50 bits per heavy atom. The number of piperazine rings is 1. The molecular formula is C11H14BrFN4O. The Balaban J connectivity index is 2.30. The number of anilines is 1. The lowest BCUT2D eigenvalue weighted by molar-refractivity contribution is -0.122. The van der Waals surface area contributed by atoms with Gasteiger partial charge in [-0.15, -0.1) is 0 Å². The molecule has 0 aromatic carbocycles. The number of hydrogen-bond acceptors (Lipinski definition) is 4. The second kappa shape index (κ2) is 5.62. The zero-order chi connectivity index (χ0) is 13.1.